The van der Waals surface area contributed by atoms with E-state index in [0.29, 0.717) is 22.8 Å². The first kappa shape index (κ1) is 30.0. The zero-order valence-corrected chi connectivity index (χ0v) is 24.3. The van der Waals surface area contributed by atoms with Gasteiger partial charge in [0.05, 0.1) is 6.04 Å². The third kappa shape index (κ3) is 6.53. The topological polar surface area (TPSA) is 102 Å². The van der Waals surface area contributed by atoms with Gasteiger partial charge in [-0.1, -0.05) is 32.4 Å². The summed E-state index contributed by atoms with van der Waals surface area (Å²) in [5.41, 5.74) is 1.67. The number of nitrogens with zero attached hydrogens (tertiary/aromatic N) is 2. The standard InChI is InChI=1S/C29H34FN3O4.Na/c1-3-4-24(20-5-7-22(8-6-20)27(36)31-18-15-25(34)35)33-28(37)26(21-9-11-23(30)12-10-21)32-29(33)16-13-19(2)14-17-29;/h5-12,19,24H,3-4,13-18H2,1-2H3,(H,31,36)(H,34,35);/q;+1/p-1/t19?,24-,29?;/m1./s1. The van der Waals surface area contributed by atoms with Gasteiger partial charge in [-0.2, -0.15) is 0 Å². The van der Waals surface area contributed by atoms with Crippen LogP contribution in [0.3, 0.4) is 0 Å². The maximum atomic E-state index is 14.0. The molecule has 1 aliphatic heterocycles. The largest absolute Gasteiger partial charge is 1.00 e. The van der Waals surface area contributed by atoms with Crippen LogP contribution in [-0.4, -0.2) is 40.6 Å². The molecule has 2 aromatic carbocycles. The van der Waals surface area contributed by atoms with E-state index in [0.717, 1.165) is 44.1 Å². The van der Waals surface area contributed by atoms with E-state index in [4.69, 9.17) is 4.99 Å². The number of hydrogen-bond acceptors (Lipinski definition) is 5. The fourth-order valence-corrected chi connectivity index (χ4v) is 5.37. The third-order valence-corrected chi connectivity index (χ3v) is 7.43. The number of carbonyl (C=O) groups excluding carboxylic acids is 3. The average Bonchev–Trinajstić information content (AvgIpc) is 3.16. The summed E-state index contributed by atoms with van der Waals surface area (Å²) in [6.07, 6.45) is 4.79. The summed E-state index contributed by atoms with van der Waals surface area (Å²) in [5.74, 6) is -1.53. The van der Waals surface area contributed by atoms with Gasteiger partial charge in [0.1, 0.15) is 17.2 Å². The minimum absolute atomic E-state index is 0. The second-order valence-corrected chi connectivity index (χ2v) is 10.1. The van der Waals surface area contributed by atoms with Crippen molar-refractivity contribution < 1.29 is 53.4 Å². The molecular formula is C29H33FN3NaO4. The molecule has 2 amide bonds. The third-order valence-electron chi connectivity index (χ3n) is 7.43. The SMILES string of the molecule is CCC[C@H](c1ccc(C(=O)NCCC(=O)[O-])cc1)N1C(=O)C(c2ccc(F)cc2)=NC12CCC(C)CC2.[Na+]. The number of hydrogen-bond donors (Lipinski definition) is 1. The molecule has 1 N–H and O–H groups in total. The molecular weight excluding hydrogens is 496 g/mol. The van der Waals surface area contributed by atoms with Gasteiger partial charge in [0, 0.05) is 30.1 Å². The number of carbonyl (C=O) groups is 3. The smallest absolute Gasteiger partial charge is 0.550 e. The average molecular weight is 530 g/mol. The summed E-state index contributed by atoms with van der Waals surface area (Å²) in [6, 6.07) is 12.8. The van der Waals surface area contributed by atoms with Gasteiger partial charge in [0.25, 0.3) is 11.8 Å². The van der Waals surface area contributed by atoms with Crippen LogP contribution < -0.4 is 40.0 Å². The van der Waals surface area contributed by atoms with Crippen LogP contribution in [0.25, 0.3) is 0 Å². The minimum atomic E-state index is -1.22. The maximum absolute atomic E-state index is 14.0. The molecule has 0 saturated heterocycles. The summed E-state index contributed by atoms with van der Waals surface area (Å²) >= 11 is 0. The zero-order valence-electron chi connectivity index (χ0n) is 22.3. The van der Waals surface area contributed by atoms with Gasteiger partial charge < -0.3 is 20.1 Å². The van der Waals surface area contributed by atoms with E-state index in [-0.39, 0.29) is 66.2 Å². The van der Waals surface area contributed by atoms with E-state index in [1.165, 1.54) is 12.1 Å². The molecule has 1 saturated carbocycles. The molecule has 7 nitrogen and oxygen atoms in total. The molecule has 1 fully saturated rings. The fourth-order valence-electron chi connectivity index (χ4n) is 5.37. The maximum Gasteiger partial charge on any atom is 1.00 e. The second-order valence-electron chi connectivity index (χ2n) is 10.1. The Bertz CT molecular complexity index is 1180. The van der Waals surface area contributed by atoms with Crippen LogP contribution >= 0.6 is 0 Å². The van der Waals surface area contributed by atoms with Crippen molar-refractivity contribution in [3.8, 4) is 0 Å². The molecule has 9 heteroatoms. The van der Waals surface area contributed by atoms with Gasteiger partial charge in [-0.3, -0.25) is 14.6 Å². The van der Waals surface area contributed by atoms with E-state index in [1.54, 1.807) is 24.3 Å². The Balaban J connectivity index is 0.00000400. The summed E-state index contributed by atoms with van der Waals surface area (Å²) in [5, 5.41) is 13.2. The van der Waals surface area contributed by atoms with Crippen molar-refractivity contribution in [1.82, 2.24) is 10.2 Å². The number of halogens is 1. The molecule has 1 heterocycles. The number of aliphatic carboxylic acids is 1. The molecule has 2 aliphatic rings. The Labute approximate surface area is 245 Å². The van der Waals surface area contributed by atoms with Crippen molar-refractivity contribution in [2.75, 3.05) is 6.54 Å². The molecule has 0 unspecified atom stereocenters. The van der Waals surface area contributed by atoms with Crippen LogP contribution in [0.15, 0.2) is 53.5 Å². The summed E-state index contributed by atoms with van der Waals surface area (Å²) in [4.78, 5) is 44.0. The molecule has 0 aromatic heterocycles. The predicted molar refractivity (Wildman–Crippen MR) is 136 cm³/mol. The first-order valence-electron chi connectivity index (χ1n) is 13.0. The predicted octanol–water partition coefficient (Wildman–Crippen LogP) is 0.779. The van der Waals surface area contributed by atoms with E-state index >= 15 is 0 Å². The number of benzene rings is 2. The first-order chi connectivity index (χ1) is 17.7. The van der Waals surface area contributed by atoms with Crippen LogP contribution in [0.5, 0.6) is 0 Å². The number of rotatable bonds is 9. The van der Waals surface area contributed by atoms with Crippen LogP contribution in [0.4, 0.5) is 4.39 Å². The van der Waals surface area contributed by atoms with Crippen molar-refractivity contribution >= 4 is 23.5 Å². The molecule has 2 aromatic rings. The number of nitrogens with one attached hydrogen (secondary N) is 1. The van der Waals surface area contributed by atoms with Gasteiger partial charge in [0.2, 0.25) is 0 Å². The van der Waals surface area contributed by atoms with E-state index in [9.17, 15) is 23.9 Å². The molecule has 0 radical (unpaired) electrons. The molecule has 1 spiro atoms. The second kappa shape index (κ2) is 13.0. The molecule has 4 rings (SSSR count). The summed E-state index contributed by atoms with van der Waals surface area (Å²) in [6.45, 7) is 4.29. The molecule has 38 heavy (non-hydrogen) atoms. The minimum Gasteiger partial charge on any atom is -0.550 e. The van der Waals surface area contributed by atoms with Crippen LogP contribution in [0, 0.1) is 11.7 Å². The Morgan fingerprint density at radius 1 is 1.13 bits per heavy atom. The Hall–Kier alpha value is -2.55. The Morgan fingerprint density at radius 2 is 1.76 bits per heavy atom. The molecule has 196 valence electrons. The van der Waals surface area contributed by atoms with Crippen molar-refractivity contribution in [3.05, 3.63) is 71.0 Å². The number of amides is 2. The van der Waals surface area contributed by atoms with Gasteiger partial charge in [0.15, 0.2) is 0 Å². The number of aliphatic imine (C=N–C) groups is 1. The summed E-state index contributed by atoms with van der Waals surface area (Å²) < 4.78 is 13.6. The van der Waals surface area contributed by atoms with E-state index < -0.39 is 11.6 Å². The monoisotopic (exact) mass is 529 g/mol. The molecule has 1 atom stereocenters. The Kier molecular flexibility index (Phi) is 10.3. The summed E-state index contributed by atoms with van der Waals surface area (Å²) in [7, 11) is 0. The van der Waals surface area contributed by atoms with E-state index in [1.807, 2.05) is 17.0 Å². The zero-order chi connectivity index (χ0) is 26.6. The molecule has 1 aliphatic carbocycles. The van der Waals surface area contributed by atoms with Gasteiger partial charge in [-0.05, 0) is 80.0 Å². The Morgan fingerprint density at radius 3 is 2.34 bits per heavy atom. The first-order valence-corrected chi connectivity index (χ1v) is 13.0. The van der Waals surface area contributed by atoms with Gasteiger partial charge in [-0.15, -0.1) is 0 Å². The van der Waals surface area contributed by atoms with Gasteiger partial charge >= 0.3 is 29.6 Å². The number of carboxylic acid groups (broad SMARTS) is 1. The van der Waals surface area contributed by atoms with Crippen molar-refractivity contribution in [1.29, 1.82) is 0 Å². The van der Waals surface area contributed by atoms with Crippen LogP contribution in [-0.2, 0) is 9.59 Å². The van der Waals surface area contributed by atoms with Gasteiger partial charge in [-0.25, -0.2) is 4.39 Å². The van der Waals surface area contributed by atoms with E-state index in [2.05, 4.69) is 19.2 Å². The molecule has 0 bridgehead atoms. The van der Waals surface area contributed by atoms with Crippen molar-refractivity contribution in [3.63, 3.8) is 0 Å². The van der Waals surface area contributed by atoms with Crippen LogP contribution in [0.1, 0.15) is 86.3 Å². The van der Waals surface area contributed by atoms with Crippen LogP contribution in [0.2, 0.25) is 0 Å². The normalized spacial score (nSPS) is 21.6. The quantitative estimate of drug-likeness (QED) is 0.485. The van der Waals surface area contributed by atoms with Crippen molar-refractivity contribution in [2.45, 2.75) is 70.5 Å². The fraction of sp³-hybridized carbons (Fsp3) is 0.448. The van der Waals surface area contributed by atoms with Crippen molar-refractivity contribution in [2.24, 2.45) is 10.9 Å². The number of carboxylic acids is 1.